The predicted octanol–water partition coefficient (Wildman–Crippen LogP) is 3.96. The summed E-state index contributed by atoms with van der Waals surface area (Å²) in [6, 6.07) is 6.65. The number of nitrogens with two attached hydrogens (primary N) is 1. The van der Waals surface area contributed by atoms with E-state index in [0.717, 1.165) is 18.9 Å². The highest BCUT2D eigenvalue weighted by atomic mass is 14.7. The molecule has 2 heteroatoms. The first-order valence-corrected chi connectivity index (χ1v) is 7.64. The summed E-state index contributed by atoms with van der Waals surface area (Å²) in [5.41, 5.74) is 10.3. The number of aromatic amines is 1. The zero-order valence-electron chi connectivity index (χ0n) is 11.8. The number of fused-ring (bicyclic) bond motifs is 1. The quantitative estimate of drug-likeness (QED) is 0.854. The van der Waals surface area contributed by atoms with Gasteiger partial charge in [-0.05, 0) is 42.9 Å². The van der Waals surface area contributed by atoms with Gasteiger partial charge in [-0.1, -0.05) is 38.0 Å². The Kier molecular flexibility index (Phi) is 3.61. The maximum absolute atomic E-state index is 6.09. The van der Waals surface area contributed by atoms with Crippen molar-refractivity contribution in [3.05, 3.63) is 35.5 Å². The van der Waals surface area contributed by atoms with Crippen molar-refractivity contribution in [3.8, 4) is 0 Å². The van der Waals surface area contributed by atoms with Crippen LogP contribution in [0.2, 0.25) is 0 Å². The fourth-order valence-electron chi connectivity index (χ4n) is 3.77. The molecular formula is C17H24N2. The van der Waals surface area contributed by atoms with E-state index in [1.165, 1.54) is 47.7 Å². The SMILES string of the molecule is CCc1cccc2c(C(CN)C3CCCC3)c[nH]c12. The van der Waals surface area contributed by atoms with E-state index >= 15 is 0 Å². The van der Waals surface area contributed by atoms with Crippen LogP contribution in [0.1, 0.15) is 49.7 Å². The summed E-state index contributed by atoms with van der Waals surface area (Å²) in [5, 5.41) is 1.39. The number of aryl methyl sites for hydroxylation is 1. The van der Waals surface area contributed by atoms with Gasteiger partial charge in [-0.15, -0.1) is 0 Å². The first-order chi connectivity index (χ1) is 9.35. The molecule has 1 fully saturated rings. The molecule has 1 aromatic carbocycles. The minimum absolute atomic E-state index is 0.531. The van der Waals surface area contributed by atoms with Crippen LogP contribution in [-0.4, -0.2) is 11.5 Å². The number of aromatic nitrogens is 1. The van der Waals surface area contributed by atoms with Crippen molar-refractivity contribution in [1.82, 2.24) is 4.98 Å². The standard InChI is InChI=1S/C17H24N2/c1-2-12-8-5-9-14-16(11-19-17(12)14)15(10-18)13-6-3-4-7-13/h5,8-9,11,13,15,19H,2-4,6-7,10,18H2,1H3. The molecule has 0 aliphatic heterocycles. The summed E-state index contributed by atoms with van der Waals surface area (Å²) in [6.45, 7) is 2.99. The zero-order chi connectivity index (χ0) is 13.2. The average Bonchev–Trinajstić information content (AvgIpc) is 3.10. The van der Waals surface area contributed by atoms with Crippen LogP contribution in [0.4, 0.5) is 0 Å². The molecule has 0 bridgehead atoms. The van der Waals surface area contributed by atoms with Gasteiger partial charge in [0.05, 0.1) is 0 Å². The van der Waals surface area contributed by atoms with E-state index in [4.69, 9.17) is 5.73 Å². The minimum Gasteiger partial charge on any atom is -0.361 e. The topological polar surface area (TPSA) is 41.8 Å². The lowest BCUT2D eigenvalue weighted by Crippen LogP contribution is -2.19. The Labute approximate surface area is 115 Å². The molecule has 1 unspecified atom stereocenters. The predicted molar refractivity (Wildman–Crippen MR) is 81.4 cm³/mol. The molecule has 2 nitrogen and oxygen atoms in total. The first-order valence-electron chi connectivity index (χ1n) is 7.64. The number of nitrogens with one attached hydrogen (secondary N) is 1. The summed E-state index contributed by atoms with van der Waals surface area (Å²) < 4.78 is 0. The first kappa shape index (κ1) is 12.7. The third-order valence-electron chi connectivity index (χ3n) is 4.84. The van der Waals surface area contributed by atoms with Gasteiger partial charge in [0.1, 0.15) is 0 Å². The highest BCUT2D eigenvalue weighted by Crippen LogP contribution is 2.39. The van der Waals surface area contributed by atoms with Gasteiger partial charge in [0.15, 0.2) is 0 Å². The monoisotopic (exact) mass is 256 g/mol. The summed E-state index contributed by atoms with van der Waals surface area (Å²) in [6.07, 6.45) is 8.74. The lowest BCUT2D eigenvalue weighted by Gasteiger charge is -2.21. The average molecular weight is 256 g/mol. The van der Waals surface area contributed by atoms with Crippen molar-refractivity contribution in [2.45, 2.75) is 44.9 Å². The molecule has 0 saturated heterocycles. The number of hydrogen-bond donors (Lipinski definition) is 2. The van der Waals surface area contributed by atoms with Crippen molar-refractivity contribution < 1.29 is 0 Å². The van der Waals surface area contributed by atoms with Crippen LogP contribution >= 0.6 is 0 Å². The van der Waals surface area contributed by atoms with Crippen LogP contribution < -0.4 is 5.73 Å². The Hall–Kier alpha value is -1.28. The Morgan fingerprint density at radius 3 is 2.79 bits per heavy atom. The van der Waals surface area contributed by atoms with Gasteiger partial charge < -0.3 is 10.7 Å². The van der Waals surface area contributed by atoms with Crippen LogP contribution in [-0.2, 0) is 6.42 Å². The Morgan fingerprint density at radius 2 is 2.11 bits per heavy atom. The number of hydrogen-bond acceptors (Lipinski definition) is 1. The van der Waals surface area contributed by atoms with Gasteiger partial charge in [-0.3, -0.25) is 0 Å². The van der Waals surface area contributed by atoms with E-state index in [9.17, 15) is 0 Å². The summed E-state index contributed by atoms with van der Waals surface area (Å²) >= 11 is 0. The van der Waals surface area contributed by atoms with E-state index in [0.29, 0.717) is 5.92 Å². The molecule has 3 N–H and O–H groups in total. The number of rotatable bonds is 4. The van der Waals surface area contributed by atoms with E-state index in [2.05, 4.69) is 36.3 Å². The molecule has 1 saturated carbocycles. The third-order valence-corrected chi connectivity index (χ3v) is 4.84. The van der Waals surface area contributed by atoms with E-state index in [-0.39, 0.29) is 0 Å². The summed E-state index contributed by atoms with van der Waals surface area (Å²) in [4.78, 5) is 3.49. The Bertz CT molecular complexity index is 549. The molecule has 1 aliphatic carbocycles. The van der Waals surface area contributed by atoms with Gasteiger partial charge in [0.2, 0.25) is 0 Å². The molecule has 0 spiro atoms. The van der Waals surface area contributed by atoms with Gasteiger partial charge in [-0.2, -0.15) is 0 Å². The molecule has 0 radical (unpaired) electrons. The lowest BCUT2D eigenvalue weighted by atomic mass is 9.84. The van der Waals surface area contributed by atoms with E-state index in [1.54, 1.807) is 0 Å². The van der Waals surface area contributed by atoms with Gasteiger partial charge in [0.25, 0.3) is 0 Å². The van der Waals surface area contributed by atoms with Crippen LogP contribution in [0.25, 0.3) is 10.9 Å². The molecule has 1 aliphatic rings. The van der Waals surface area contributed by atoms with Crippen molar-refractivity contribution in [2.75, 3.05) is 6.54 Å². The number of H-pyrrole nitrogens is 1. The molecule has 1 heterocycles. The van der Waals surface area contributed by atoms with E-state index in [1.807, 2.05) is 0 Å². The molecule has 0 amide bonds. The normalized spacial score (nSPS) is 18.2. The number of para-hydroxylation sites is 1. The molecule has 19 heavy (non-hydrogen) atoms. The molecule has 102 valence electrons. The minimum atomic E-state index is 0.531. The fraction of sp³-hybridized carbons (Fsp3) is 0.529. The van der Waals surface area contributed by atoms with Crippen molar-refractivity contribution >= 4 is 10.9 Å². The van der Waals surface area contributed by atoms with Gasteiger partial charge in [0, 0.05) is 23.0 Å². The molecule has 3 rings (SSSR count). The summed E-state index contributed by atoms with van der Waals surface area (Å²) in [5.74, 6) is 1.32. The lowest BCUT2D eigenvalue weighted by molar-refractivity contribution is 0.442. The van der Waals surface area contributed by atoms with Crippen molar-refractivity contribution in [2.24, 2.45) is 11.7 Å². The molecule has 1 aromatic heterocycles. The fourth-order valence-corrected chi connectivity index (χ4v) is 3.77. The third kappa shape index (κ3) is 2.18. The van der Waals surface area contributed by atoms with Crippen LogP contribution in [0, 0.1) is 5.92 Å². The highest BCUT2D eigenvalue weighted by Gasteiger charge is 2.27. The maximum Gasteiger partial charge on any atom is 0.0489 e. The second-order valence-corrected chi connectivity index (χ2v) is 5.82. The zero-order valence-corrected chi connectivity index (χ0v) is 11.8. The van der Waals surface area contributed by atoms with E-state index < -0.39 is 0 Å². The van der Waals surface area contributed by atoms with Crippen molar-refractivity contribution in [1.29, 1.82) is 0 Å². The highest BCUT2D eigenvalue weighted by molar-refractivity contribution is 5.86. The van der Waals surface area contributed by atoms with Gasteiger partial charge >= 0.3 is 0 Å². The van der Waals surface area contributed by atoms with Crippen molar-refractivity contribution in [3.63, 3.8) is 0 Å². The second-order valence-electron chi connectivity index (χ2n) is 5.82. The van der Waals surface area contributed by atoms with Crippen LogP contribution in [0.5, 0.6) is 0 Å². The largest absolute Gasteiger partial charge is 0.361 e. The molecular weight excluding hydrogens is 232 g/mol. The van der Waals surface area contributed by atoms with Crippen LogP contribution in [0.15, 0.2) is 24.4 Å². The van der Waals surface area contributed by atoms with Crippen LogP contribution in [0.3, 0.4) is 0 Å². The smallest absolute Gasteiger partial charge is 0.0489 e. The molecule has 1 atom stereocenters. The maximum atomic E-state index is 6.09. The molecule has 2 aromatic rings. The summed E-state index contributed by atoms with van der Waals surface area (Å²) in [7, 11) is 0. The Morgan fingerprint density at radius 1 is 1.32 bits per heavy atom. The van der Waals surface area contributed by atoms with Gasteiger partial charge in [-0.25, -0.2) is 0 Å². The Balaban J connectivity index is 2.03. The second kappa shape index (κ2) is 5.38. The number of benzene rings is 1.